The summed E-state index contributed by atoms with van der Waals surface area (Å²) in [6, 6.07) is 1.99. The van der Waals surface area contributed by atoms with E-state index in [9.17, 15) is 4.79 Å². The summed E-state index contributed by atoms with van der Waals surface area (Å²) in [5, 5.41) is 5.86. The Morgan fingerprint density at radius 1 is 1.56 bits per heavy atom. The van der Waals surface area contributed by atoms with Gasteiger partial charge in [-0.2, -0.15) is 0 Å². The van der Waals surface area contributed by atoms with Gasteiger partial charge < -0.3 is 10.6 Å². The van der Waals surface area contributed by atoms with Gasteiger partial charge in [0.2, 0.25) is 5.91 Å². The number of aromatic nitrogens is 1. The van der Waals surface area contributed by atoms with Crippen LogP contribution in [0.1, 0.15) is 18.9 Å². The van der Waals surface area contributed by atoms with E-state index in [2.05, 4.69) is 31.5 Å². The summed E-state index contributed by atoms with van der Waals surface area (Å²) in [5.74, 6) is 0.827. The summed E-state index contributed by atoms with van der Waals surface area (Å²) in [5.41, 5.74) is 1.10. The van der Waals surface area contributed by atoms with E-state index in [4.69, 9.17) is 0 Å². The zero-order valence-corrected chi connectivity index (χ0v) is 11.1. The van der Waals surface area contributed by atoms with Gasteiger partial charge in [-0.15, -0.1) is 0 Å². The minimum Gasteiger partial charge on any atom is -0.369 e. The number of nitrogens with zero attached hydrogens (tertiary/aromatic N) is 1. The van der Waals surface area contributed by atoms with Gasteiger partial charge in [0.25, 0.3) is 0 Å². The van der Waals surface area contributed by atoms with E-state index in [-0.39, 0.29) is 5.91 Å². The van der Waals surface area contributed by atoms with Crippen molar-refractivity contribution in [2.45, 2.75) is 20.3 Å². The van der Waals surface area contributed by atoms with Crippen molar-refractivity contribution in [3.05, 3.63) is 22.3 Å². The van der Waals surface area contributed by atoms with Crippen LogP contribution in [0.2, 0.25) is 0 Å². The van der Waals surface area contributed by atoms with E-state index < -0.39 is 0 Å². The van der Waals surface area contributed by atoms with Crippen molar-refractivity contribution in [3.63, 3.8) is 0 Å². The Hall–Kier alpha value is -1.10. The average Bonchev–Trinajstić information content (AvgIpc) is 2.22. The van der Waals surface area contributed by atoms with E-state index in [1.54, 1.807) is 6.20 Å². The summed E-state index contributed by atoms with van der Waals surface area (Å²) in [7, 11) is 0. The fourth-order valence-electron chi connectivity index (χ4n) is 1.24. The highest BCUT2D eigenvalue weighted by molar-refractivity contribution is 9.10. The molecule has 1 heterocycles. The van der Waals surface area contributed by atoms with E-state index in [1.165, 1.54) is 0 Å². The van der Waals surface area contributed by atoms with E-state index in [0.717, 1.165) is 15.9 Å². The SMILES string of the molecule is CCNC(=O)CCNc1ncc(C)cc1Br. The van der Waals surface area contributed by atoms with Crippen LogP contribution in [-0.2, 0) is 4.79 Å². The lowest BCUT2D eigenvalue weighted by atomic mass is 10.3. The second kappa shape index (κ2) is 6.48. The predicted molar refractivity (Wildman–Crippen MR) is 68.5 cm³/mol. The monoisotopic (exact) mass is 285 g/mol. The molecule has 0 aliphatic rings. The molecule has 1 aromatic heterocycles. The number of halogens is 1. The number of hydrogen-bond donors (Lipinski definition) is 2. The Balaban J connectivity index is 2.40. The molecule has 88 valence electrons. The Morgan fingerprint density at radius 2 is 2.31 bits per heavy atom. The van der Waals surface area contributed by atoms with E-state index in [0.29, 0.717) is 19.5 Å². The highest BCUT2D eigenvalue weighted by Crippen LogP contribution is 2.20. The van der Waals surface area contributed by atoms with Gasteiger partial charge in [-0.3, -0.25) is 4.79 Å². The minimum atomic E-state index is 0.0539. The van der Waals surface area contributed by atoms with Gasteiger partial charge in [-0.25, -0.2) is 4.98 Å². The zero-order valence-electron chi connectivity index (χ0n) is 9.51. The van der Waals surface area contributed by atoms with Gasteiger partial charge in [0.05, 0.1) is 4.47 Å². The van der Waals surface area contributed by atoms with Gasteiger partial charge in [-0.05, 0) is 41.4 Å². The molecule has 0 spiro atoms. The lowest BCUT2D eigenvalue weighted by molar-refractivity contribution is -0.120. The van der Waals surface area contributed by atoms with Gasteiger partial charge in [-0.1, -0.05) is 0 Å². The lowest BCUT2D eigenvalue weighted by Gasteiger charge is -2.07. The summed E-state index contributed by atoms with van der Waals surface area (Å²) < 4.78 is 0.920. The molecule has 1 amide bonds. The predicted octanol–water partition coefficient (Wildman–Crippen LogP) is 2.09. The number of carbonyl (C=O) groups is 1. The first-order chi connectivity index (χ1) is 7.63. The molecular weight excluding hydrogens is 270 g/mol. The molecule has 1 aromatic rings. The van der Waals surface area contributed by atoms with Crippen molar-refractivity contribution in [1.82, 2.24) is 10.3 Å². The van der Waals surface area contributed by atoms with Crippen molar-refractivity contribution < 1.29 is 4.79 Å². The van der Waals surface area contributed by atoms with Crippen LogP contribution in [0.15, 0.2) is 16.7 Å². The largest absolute Gasteiger partial charge is 0.369 e. The van der Waals surface area contributed by atoms with Gasteiger partial charge in [0.15, 0.2) is 0 Å². The van der Waals surface area contributed by atoms with E-state index >= 15 is 0 Å². The van der Waals surface area contributed by atoms with Crippen molar-refractivity contribution in [2.75, 3.05) is 18.4 Å². The van der Waals surface area contributed by atoms with Crippen LogP contribution in [0.5, 0.6) is 0 Å². The lowest BCUT2D eigenvalue weighted by Crippen LogP contribution is -2.24. The van der Waals surface area contributed by atoms with Gasteiger partial charge >= 0.3 is 0 Å². The molecule has 0 aliphatic carbocycles. The quantitative estimate of drug-likeness (QED) is 0.871. The molecule has 0 saturated heterocycles. The summed E-state index contributed by atoms with van der Waals surface area (Å²) in [4.78, 5) is 15.4. The van der Waals surface area contributed by atoms with Crippen LogP contribution >= 0.6 is 15.9 Å². The Morgan fingerprint density at radius 3 is 2.94 bits per heavy atom. The average molecular weight is 286 g/mol. The molecule has 5 heteroatoms. The third-order valence-corrected chi connectivity index (χ3v) is 2.60. The summed E-state index contributed by atoms with van der Waals surface area (Å²) >= 11 is 3.42. The summed E-state index contributed by atoms with van der Waals surface area (Å²) in [6.07, 6.45) is 2.25. The first-order valence-electron chi connectivity index (χ1n) is 5.26. The fraction of sp³-hybridized carbons (Fsp3) is 0.455. The molecule has 0 aromatic carbocycles. The fourth-order valence-corrected chi connectivity index (χ4v) is 1.85. The number of hydrogen-bond acceptors (Lipinski definition) is 3. The van der Waals surface area contributed by atoms with Gasteiger partial charge in [0, 0.05) is 25.7 Å². The first kappa shape index (κ1) is 13.0. The Bertz CT molecular complexity index is 368. The van der Waals surface area contributed by atoms with Crippen molar-refractivity contribution in [3.8, 4) is 0 Å². The van der Waals surface area contributed by atoms with Crippen molar-refractivity contribution >= 4 is 27.7 Å². The van der Waals surface area contributed by atoms with Crippen LogP contribution in [0.3, 0.4) is 0 Å². The molecule has 0 fully saturated rings. The molecule has 0 atom stereocenters. The second-order valence-corrected chi connectivity index (χ2v) is 4.33. The highest BCUT2D eigenvalue weighted by atomic mass is 79.9. The highest BCUT2D eigenvalue weighted by Gasteiger charge is 2.02. The van der Waals surface area contributed by atoms with Crippen molar-refractivity contribution in [1.29, 1.82) is 0 Å². The van der Waals surface area contributed by atoms with Gasteiger partial charge in [0.1, 0.15) is 5.82 Å². The van der Waals surface area contributed by atoms with Crippen molar-refractivity contribution in [2.24, 2.45) is 0 Å². The third kappa shape index (κ3) is 4.18. The molecular formula is C11H16BrN3O. The second-order valence-electron chi connectivity index (χ2n) is 3.47. The number of aryl methyl sites for hydroxylation is 1. The number of pyridine rings is 1. The standard InChI is InChI=1S/C11H16BrN3O/c1-3-13-10(16)4-5-14-11-9(12)6-8(2)7-15-11/h6-7H,3-5H2,1-2H3,(H,13,16)(H,14,15). The molecule has 0 aliphatic heterocycles. The summed E-state index contributed by atoms with van der Waals surface area (Å²) in [6.45, 7) is 5.14. The number of nitrogens with one attached hydrogen (secondary N) is 2. The number of amides is 1. The molecule has 0 radical (unpaired) electrons. The Labute approximate surface area is 104 Å². The topological polar surface area (TPSA) is 54.0 Å². The minimum absolute atomic E-state index is 0.0539. The smallest absolute Gasteiger partial charge is 0.221 e. The van der Waals surface area contributed by atoms with E-state index in [1.807, 2.05) is 19.9 Å². The molecule has 2 N–H and O–H groups in total. The zero-order chi connectivity index (χ0) is 12.0. The molecule has 0 unspecified atom stereocenters. The van der Waals surface area contributed by atoms with Crippen LogP contribution in [0, 0.1) is 6.92 Å². The maximum atomic E-state index is 11.2. The van der Waals surface area contributed by atoms with Crippen LogP contribution in [0.4, 0.5) is 5.82 Å². The van der Waals surface area contributed by atoms with Crippen LogP contribution in [-0.4, -0.2) is 24.0 Å². The molecule has 16 heavy (non-hydrogen) atoms. The first-order valence-corrected chi connectivity index (χ1v) is 6.05. The van der Waals surface area contributed by atoms with Crippen LogP contribution < -0.4 is 10.6 Å². The number of anilines is 1. The molecule has 0 saturated carbocycles. The molecule has 1 rings (SSSR count). The number of carbonyl (C=O) groups excluding carboxylic acids is 1. The Kier molecular flexibility index (Phi) is 5.25. The maximum absolute atomic E-state index is 11.2. The normalized spacial score (nSPS) is 9.94. The van der Waals surface area contributed by atoms with Crippen LogP contribution in [0.25, 0.3) is 0 Å². The maximum Gasteiger partial charge on any atom is 0.221 e. The number of rotatable bonds is 5. The molecule has 4 nitrogen and oxygen atoms in total. The molecule has 0 bridgehead atoms. The third-order valence-electron chi connectivity index (χ3n) is 2.00.